The van der Waals surface area contributed by atoms with E-state index in [1.165, 1.54) is 21.9 Å². The largest absolute Gasteiger partial charge is 0.497 e. The molecule has 0 spiro atoms. The molecule has 0 aliphatic rings. The van der Waals surface area contributed by atoms with Crippen molar-refractivity contribution in [3.8, 4) is 5.75 Å². The number of benzene rings is 2. The SMILES string of the molecule is C=Cc1nccc2c3ccccc3n(Cc3ccc(OC)cc3)c12. The molecule has 4 rings (SSSR count). The fourth-order valence-corrected chi connectivity index (χ4v) is 3.26. The second kappa shape index (κ2) is 5.85. The van der Waals surface area contributed by atoms with E-state index in [2.05, 4.69) is 58.6 Å². The van der Waals surface area contributed by atoms with Crippen LogP contribution in [-0.2, 0) is 6.54 Å². The molecule has 0 radical (unpaired) electrons. The zero-order valence-corrected chi connectivity index (χ0v) is 13.6. The lowest BCUT2D eigenvalue weighted by atomic mass is 10.1. The Kier molecular flexibility index (Phi) is 3.54. The number of para-hydroxylation sites is 1. The third kappa shape index (κ3) is 2.26. The van der Waals surface area contributed by atoms with E-state index in [0.717, 1.165) is 23.5 Å². The van der Waals surface area contributed by atoms with Crippen molar-refractivity contribution >= 4 is 27.9 Å². The van der Waals surface area contributed by atoms with Crippen LogP contribution in [0.3, 0.4) is 0 Å². The maximum Gasteiger partial charge on any atom is 0.118 e. The minimum Gasteiger partial charge on any atom is -0.497 e. The summed E-state index contributed by atoms with van der Waals surface area (Å²) in [6, 6.07) is 18.7. The summed E-state index contributed by atoms with van der Waals surface area (Å²) in [7, 11) is 1.68. The topological polar surface area (TPSA) is 27.1 Å². The highest BCUT2D eigenvalue weighted by molar-refractivity contribution is 6.09. The van der Waals surface area contributed by atoms with Crippen LogP contribution in [0.5, 0.6) is 5.75 Å². The van der Waals surface area contributed by atoms with Crippen LogP contribution in [0, 0.1) is 0 Å². The average Bonchev–Trinajstić information content (AvgIpc) is 2.97. The molecule has 24 heavy (non-hydrogen) atoms. The van der Waals surface area contributed by atoms with Crippen molar-refractivity contribution in [2.45, 2.75) is 6.54 Å². The Hall–Kier alpha value is -3.07. The molecule has 0 unspecified atom stereocenters. The number of aromatic nitrogens is 2. The number of rotatable bonds is 4. The third-order valence-electron chi connectivity index (χ3n) is 4.40. The van der Waals surface area contributed by atoms with Gasteiger partial charge in [0.05, 0.1) is 18.3 Å². The predicted octanol–water partition coefficient (Wildman–Crippen LogP) is 4.89. The normalized spacial score (nSPS) is 11.0. The van der Waals surface area contributed by atoms with Crippen molar-refractivity contribution in [3.63, 3.8) is 0 Å². The van der Waals surface area contributed by atoms with Gasteiger partial charge in [-0.25, -0.2) is 0 Å². The van der Waals surface area contributed by atoms with E-state index in [9.17, 15) is 0 Å². The lowest BCUT2D eigenvalue weighted by Gasteiger charge is -2.10. The van der Waals surface area contributed by atoms with Gasteiger partial charge < -0.3 is 9.30 Å². The summed E-state index contributed by atoms with van der Waals surface area (Å²) in [6.45, 7) is 4.71. The maximum absolute atomic E-state index is 5.25. The molecular formula is C21H18N2O. The van der Waals surface area contributed by atoms with Crippen LogP contribution in [-0.4, -0.2) is 16.7 Å². The standard InChI is InChI=1S/C21H18N2O/c1-3-19-21-18(12-13-22-19)17-6-4-5-7-20(17)23(21)14-15-8-10-16(24-2)11-9-15/h3-13H,1,14H2,2H3. The van der Waals surface area contributed by atoms with Gasteiger partial charge in [0.25, 0.3) is 0 Å². The van der Waals surface area contributed by atoms with Crippen LogP contribution in [0.15, 0.2) is 67.4 Å². The van der Waals surface area contributed by atoms with Gasteiger partial charge in [0.2, 0.25) is 0 Å². The number of fused-ring (bicyclic) bond motifs is 3. The fraction of sp³-hybridized carbons (Fsp3) is 0.0952. The van der Waals surface area contributed by atoms with Crippen LogP contribution in [0.2, 0.25) is 0 Å². The molecule has 0 saturated heterocycles. The second-order valence-electron chi connectivity index (χ2n) is 5.75. The molecule has 118 valence electrons. The summed E-state index contributed by atoms with van der Waals surface area (Å²) in [5, 5.41) is 2.45. The third-order valence-corrected chi connectivity index (χ3v) is 4.40. The molecule has 2 heterocycles. The Bertz CT molecular complexity index is 1030. The summed E-state index contributed by atoms with van der Waals surface area (Å²) < 4.78 is 7.57. The Morgan fingerprint density at radius 3 is 2.58 bits per heavy atom. The van der Waals surface area contributed by atoms with Crippen LogP contribution in [0.25, 0.3) is 27.9 Å². The van der Waals surface area contributed by atoms with E-state index in [1.54, 1.807) is 7.11 Å². The van der Waals surface area contributed by atoms with Gasteiger partial charge in [0.15, 0.2) is 0 Å². The average molecular weight is 314 g/mol. The number of ether oxygens (including phenoxy) is 1. The van der Waals surface area contributed by atoms with Crippen molar-refractivity contribution in [3.05, 3.63) is 78.6 Å². The minimum absolute atomic E-state index is 0.778. The van der Waals surface area contributed by atoms with Crippen LogP contribution in [0.1, 0.15) is 11.3 Å². The Morgan fingerprint density at radius 1 is 1.04 bits per heavy atom. The first kappa shape index (κ1) is 14.5. The van der Waals surface area contributed by atoms with E-state index in [4.69, 9.17) is 4.74 Å². The molecule has 0 N–H and O–H groups in total. The summed E-state index contributed by atoms with van der Waals surface area (Å²) in [6.07, 6.45) is 3.68. The molecule has 3 nitrogen and oxygen atoms in total. The van der Waals surface area contributed by atoms with Crippen molar-refractivity contribution in [1.82, 2.24) is 9.55 Å². The lowest BCUT2D eigenvalue weighted by Crippen LogP contribution is -2.01. The number of pyridine rings is 1. The van der Waals surface area contributed by atoms with Crippen molar-refractivity contribution in [2.24, 2.45) is 0 Å². The van der Waals surface area contributed by atoms with E-state index >= 15 is 0 Å². The molecule has 0 aliphatic carbocycles. The summed E-state index contributed by atoms with van der Waals surface area (Å²) in [5.74, 6) is 0.870. The predicted molar refractivity (Wildman–Crippen MR) is 99.4 cm³/mol. The molecule has 0 saturated carbocycles. The molecule has 0 amide bonds. The number of methoxy groups -OCH3 is 1. The summed E-state index contributed by atoms with van der Waals surface area (Å²) >= 11 is 0. The van der Waals surface area contributed by atoms with Gasteiger partial charge in [0.1, 0.15) is 5.75 Å². The first-order chi connectivity index (χ1) is 11.8. The van der Waals surface area contributed by atoms with Gasteiger partial charge >= 0.3 is 0 Å². The highest BCUT2D eigenvalue weighted by atomic mass is 16.5. The van der Waals surface area contributed by atoms with Gasteiger partial charge in [-0.3, -0.25) is 4.98 Å². The molecule has 2 aromatic heterocycles. The number of hydrogen-bond acceptors (Lipinski definition) is 2. The van der Waals surface area contributed by atoms with Crippen molar-refractivity contribution in [2.75, 3.05) is 7.11 Å². The van der Waals surface area contributed by atoms with Gasteiger partial charge in [-0.2, -0.15) is 0 Å². The Labute approximate surface area is 140 Å². The van der Waals surface area contributed by atoms with Gasteiger partial charge in [0, 0.05) is 29.0 Å². The van der Waals surface area contributed by atoms with E-state index < -0.39 is 0 Å². The first-order valence-corrected chi connectivity index (χ1v) is 7.93. The molecule has 0 fully saturated rings. The molecular weight excluding hydrogens is 296 g/mol. The maximum atomic E-state index is 5.25. The molecule has 0 aliphatic heterocycles. The molecule has 3 heteroatoms. The second-order valence-corrected chi connectivity index (χ2v) is 5.75. The molecule has 2 aromatic carbocycles. The first-order valence-electron chi connectivity index (χ1n) is 7.93. The van der Waals surface area contributed by atoms with E-state index in [-0.39, 0.29) is 0 Å². The Morgan fingerprint density at radius 2 is 1.83 bits per heavy atom. The van der Waals surface area contributed by atoms with Crippen LogP contribution >= 0.6 is 0 Å². The van der Waals surface area contributed by atoms with E-state index in [0.29, 0.717) is 0 Å². The number of hydrogen-bond donors (Lipinski definition) is 0. The van der Waals surface area contributed by atoms with Crippen molar-refractivity contribution < 1.29 is 4.74 Å². The highest BCUT2D eigenvalue weighted by Gasteiger charge is 2.13. The molecule has 0 bridgehead atoms. The van der Waals surface area contributed by atoms with Crippen LogP contribution < -0.4 is 4.74 Å². The monoisotopic (exact) mass is 314 g/mol. The van der Waals surface area contributed by atoms with Gasteiger partial charge in [-0.05, 0) is 35.9 Å². The fourth-order valence-electron chi connectivity index (χ4n) is 3.26. The zero-order chi connectivity index (χ0) is 16.5. The van der Waals surface area contributed by atoms with Crippen LogP contribution in [0.4, 0.5) is 0 Å². The minimum atomic E-state index is 0.778. The van der Waals surface area contributed by atoms with Crippen molar-refractivity contribution in [1.29, 1.82) is 0 Å². The zero-order valence-electron chi connectivity index (χ0n) is 13.6. The van der Waals surface area contributed by atoms with E-state index in [1.807, 2.05) is 24.4 Å². The van der Waals surface area contributed by atoms with Gasteiger partial charge in [-0.1, -0.05) is 36.9 Å². The molecule has 4 aromatic rings. The Balaban J connectivity index is 1.95. The number of nitrogens with zero attached hydrogens (tertiary/aromatic N) is 2. The van der Waals surface area contributed by atoms with Gasteiger partial charge in [-0.15, -0.1) is 0 Å². The lowest BCUT2D eigenvalue weighted by molar-refractivity contribution is 0.414. The quantitative estimate of drug-likeness (QED) is 0.536. The highest BCUT2D eigenvalue weighted by Crippen LogP contribution is 2.31. The smallest absolute Gasteiger partial charge is 0.118 e. The molecule has 0 atom stereocenters. The summed E-state index contributed by atoms with van der Waals surface area (Å²) in [4.78, 5) is 4.49. The summed E-state index contributed by atoms with van der Waals surface area (Å²) in [5.41, 5.74) is 4.47.